The van der Waals surface area contributed by atoms with Gasteiger partial charge in [0.15, 0.2) is 0 Å². The summed E-state index contributed by atoms with van der Waals surface area (Å²) in [4.78, 5) is 65.9. The van der Waals surface area contributed by atoms with Gasteiger partial charge in [0.05, 0.1) is 6.04 Å². The summed E-state index contributed by atoms with van der Waals surface area (Å²) in [6.07, 6.45) is -4.15. The van der Waals surface area contributed by atoms with Crippen LogP contribution in [0.15, 0.2) is 42.5 Å². The number of aromatic hydroxyl groups is 1. The zero-order chi connectivity index (χ0) is 38.3. The number of Topliss-reactive ketones (excluding diaryl/α,β-unsaturated/α-hetero) is 1. The van der Waals surface area contributed by atoms with Crippen LogP contribution in [0.2, 0.25) is 0 Å². The Morgan fingerprint density at radius 3 is 2.18 bits per heavy atom. The molecule has 0 spiro atoms. The van der Waals surface area contributed by atoms with Gasteiger partial charge in [0.25, 0.3) is 5.91 Å². The van der Waals surface area contributed by atoms with E-state index in [0.29, 0.717) is 12.0 Å². The van der Waals surface area contributed by atoms with Gasteiger partial charge in [-0.2, -0.15) is 0 Å². The van der Waals surface area contributed by atoms with Gasteiger partial charge in [0.1, 0.15) is 34.4 Å². The molecule has 14 heteroatoms. The van der Waals surface area contributed by atoms with Crippen LogP contribution in [0.25, 0.3) is 0 Å². The standard InChI is InChI=1S/C37H49F2N3O9/c1-35(2,3)50-32(46)41-25(19-23-18-24(38)11-14-28(23)39)20-27(44)15-16-37(7,8)21-40-31(45)30-29(17-22-9-12-26(43)13-10-22)42(33(47)49-30)34(48)51-36(4,5)6/h9-14,18,25,29-30,43H,15-17,19-21H2,1-8H3,(H,40,45)(H,41,46)/t25?,29-,30+/m1/s1. The summed E-state index contributed by atoms with van der Waals surface area (Å²) in [5.74, 6) is -2.24. The first-order valence-electron chi connectivity index (χ1n) is 16.8. The van der Waals surface area contributed by atoms with Crippen molar-refractivity contribution >= 4 is 30.0 Å². The number of carbonyl (C=O) groups excluding carboxylic acids is 5. The number of amides is 4. The van der Waals surface area contributed by atoms with Crippen molar-refractivity contribution in [2.45, 2.75) is 117 Å². The molecule has 280 valence electrons. The average Bonchev–Trinajstić information content (AvgIpc) is 3.31. The number of phenolic OH excluding ortho intramolecular Hbond substituents is 1. The number of hydrogen-bond donors (Lipinski definition) is 3. The van der Waals surface area contributed by atoms with E-state index in [1.807, 2.05) is 13.8 Å². The second-order valence-electron chi connectivity index (χ2n) is 15.5. The topological polar surface area (TPSA) is 161 Å². The molecule has 1 saturated heterocycles. The molecule has 0 aliphatic carbocycles. The Kier molecular flexibility index (Phi) is 13.2. The van der Waals surface area contributed by atoms with Gasteiger partial charge in [0.2, 0.25) is 6.10 Å². The predicted octanol–water partition coefficient (Wildman–Crippen LogP) is 6.36. The van der Waals surface area contributed by atoms with Crippen molar-refractivity contribution in [1.29, 1.82) is 0 Å². The Labute approximate surface area is 297 Å². The third-order valence-electron chi connectivity index (χ3n) is 7.83. The number of alkyl carbamates (subject to hydrolysis) is 1. The van der Waals surface area contributed by atoms with Crippen LogP contribution in [0.3, 0.4) is 0 Å². The molecule has 3 rings (SSSR count). The molecule has 0 bridgehead atoms. The number of rotatable bonds is 13. The Hall–Kier alpha value is -4.75. The maximum Gasteiger partial charge on any atom is 0.420 e. The highest BCUT2D eigenvalue weighted by atomic mass is 19.1. The van der Waals surface area contributed by atoms with E-state index in [-0.39, 0.29) is 49.3 Å². The van der Waals surface area contributed by atoms with Crippen LogP contribution < -0.4 is 10.6 Å². The lowest BCUT2D eigenvalue weighted by Crippen LogP contribution is -2.50. The van der Waals surface area contributed by atoms with Gasteiger partial charge in [-0.3, -0.25) is 9.59 Å². The molecule has 3 N–H and O–H groups in total. The van der Waals surface area contributed by atoms with Gasteiger partial charge in [-0.05, 0) is 108 Å². The maximum atomic E-state index is 14.4. The van der Waals surface area contributed by atoms with Crippen LogP contribution in [-0.2, 0) is 36.6 Å². The number of cyclic esters (lactones) is 1. The first-order valence-corrected chi connectivity index (χ1v) is 16.8. The number of benzene rings is 2. The number of nitrogens with zero attached hydrogens (tertiary/aromatic N) is 1. The molecule has 1 heterocycles. The second kappa shape index (κ2) is 16.5. The van der Waals surface area contributed by atoms with Crippen LogP contribution >= 0.6 is 0 Å². The Morgan fingerprint density at radius 1 is 0.941 bits per heavy atom. The minimum Gasteiger partial charge on any atom is -0.508 e. The van der Waals surface area contributed by atoms with Gasteiger partial charge >= 0.3 is 18.3 Å². The molecule has 1 unspecified atom stereocenters. The summed E-state index contributed by atoms with van der Waals surface area (Å²) in [6, 6.07) is 7.11. The molecule has 2 aromatic carbocycles. The van der Waals surface area contributed by atoms with Crippen molar-refractivity contribution in [2.75, 3.05) is 6.54 Å². The number of ketones is 1. The minimum absolute atomic E-state index is 0.00605. The molecule has 0 aromatic heterocycles. The minimum atomic E-state index is -1.38. The molecule has 2 aromatic rings. The summed E-state index contributed by atoms with van der Waals surface area (Å²) in [6.45, 7) is 13.6. The predicted molar refractivity (Wildman–Crippen MR) is 183 cm³/mol. The van der Waals surface area contributed by atoms with Crippen molar-refractivity contribution in [3.63, 3.8) is 0 Å². The summed E-state index contributed by atoms with van der Waals surface area (Å²) in [5.41, 5.74) is -1.78. The molecule has 1 aliphatic rings. The smallest absolute Gasteiger partial charge is 0.420 e. The third kappa shape index (κ3) is 13.1. The molecule has 1 aliphatic heterocycles. The maximum absolute atomic E-state index is 14.4. The van der Waals surface area contributed by atoms with Crippen LogP contribution in [0, 0.1) is 17.0 Å². The van der Waals surface area contributed by atoms with Crippen LogP contribution in [0.5, 0.6) is 5.75 Å². The summed E-state index contributed by atoms with van der Waals surface area (Å²) >= 11 is 0. The van der Waals surface area contributed by atoms with E-state index in [1.54, 1.807) is 53.7 Å². The largest absolute Gasteiger partial charge is 0.508 e. The monoisotopic (exact) mass is 717 g/mol. The molecule has 0 radical (unpaired) electrons. The summed E-state index contributed by atoms with van der Waals surface area (Å²) in [5, 5.41) is 15.1. The van der Waals surface area contributed by atoms with E-state index >= 15 is 0 Å². The number of halogens is 2. The quantitative estimate of drug-likeness (QED) is 0.201. The van der Waals surface area contributed by atoms with Gasteiger partial charge in [0, 0.05) is 25.4 Å². The zero-order valence-corrected chi connectivity index (χ0v) is 30.4. The molecule has 51 heavy (non-hydrogen) atoms. The SMILES string of the molecule is CC(C)(CCC(=O)CC(Cc1cc(F)ccc1F)NC(=O)OC(C)(C)C)CNC(=O)[C@H]1OC(=O)N(C(=O)OC(C)(C)C)[C@@H]1Cc1ccc(O)cc1. The van der Waals surface area contributed by atoms with Crippen LogP contribution in [0.4, 0.5) is 23.2 Å². The summed E-state index contributed by atoms with van der Waals surface area (Å²) in [7, 11) is 0. The van der Waals surface area contributed by atoms with Gasteiger partial charge in [-0.15, -0.1) is 0 Å². The Balaban J connectivity index is 1.66. The third-order valence-corrected chi connectivity index (χ3v) is 7.83. The number of carbonyl (C=O) groups is 5. The fourth-order valence-electron chi connectivity index (χ4n) is 5.32. The fourth-order valence-corrected chi connectivity index (χ4v) is 5.32. The van der Waals surface area contributed by atoms with Crippen LogP contribution in [-0.4, -0.2) is 75.9 Å². The lowest BCUT2D eigenvalue weighted by Gasteiger charge is -2.28. The molecule has 3 atom stereocenters. The highest BCUT2D eigenvalue weighted by Gasteiger charge is 2.50. The van der Waals surface area contributed by atoms with E-state index in [1.165, 1.54) is 12.1 Å². The fraction of sp³-hybridized carbons (Fsp3) is 0.541. The van der Waals surface area contributed by atoms with Gasteiger partial charge < -0.3 is 30.0 Å². The zero-order valence-electron chi connectivity index (χ0n) is 30.4. The number of ether oxygens (including phenoxy) is 3. The first kappa shape index (κ1) is 40.7. The molecule has 4 amide bonds. The molecule has 1 fully saturated rings. The van der Waals surface area contributed by atoms with E-state index < -0.39 is 70.6 Å². The van der Waals surface area contributed by atoms with Crippen molar-refractivity contribution < 1.29 is 52.1 Å². The first-order chi connectivity index (χ1) is 23.5. The van der Waals surface area contributed by atoms with Crippen molar-refractivity contribution in [1.82, 2.24) is 15.5 Å². The Bertz CT molecular complexity index is 1580. The summed E-state index contributed by atoms with van der Waals surface area (Å²) < 4.78 is 44.4. The molecule has 12 nitrogen and oxygen atoms in total. The van der Waals surface area contributed by atoms with E-state index in [0.717, 1.165) is 23.1 Å². The highest BCUT2D eigenvalue weighted by molar-refractivity contribution is 5.95. The lowest BCUT2D eigenvalue weighted by molar-refractivity contribution is -0.129. The molecular formula is C37H49F2N3O9. The van der Waals surface area contributed by atoms with E-state index in [9.17, 15) is 37.9 Å². The Morgan fingerprint density at radius 2 is 1.57 bits per heavy atom. The van der Waals surface area contributed by atoms with E-state index in [2.05, 4.69) is 10.6 Å². The number of nitrogens with one attached hydrogen (secondary N) is 2. The van der Waals surface area contributed by atoms with Crippen molar-refractivity contribution in [2.24, 2.45) is 5.41 Å². The average molecular weight is 718 g/mol. The number of hydrogen-bond acceptors (Lipinski definition) is 9. The van der Waals surface area contributed by atoms with Crippen LogP contribution in [0.1, 0.15) is 85.8 Å². The van der Waals surface area contributed by atoms with E-state index in [4.69, 9.17) is 14.2 Å². The second-order valence-corrected chi connectivity index (χ2v) is 15.5. The van der Waals surface area contributed by atoms with Crippen molar-refractivity contribution in [3.8, 4) is 5.75 Å². The van der Waals surface area contributed by atoms with Gasteiger partial charge in [-0.1, -0.05) is 26.0 Å². The van der Waals surface area contributed by atoms with Crippen molar-refractivity contribution in [3.05, 3.63) is 65.2 Å². The van der Waals surface area contributed by atoms with Gasteiger partial charge in [-0.25, -0.2) is 28.1 Å². The highest BCUT2D eigenvalue weighted by Crippen LogP contribution is 2.28. The lowest BCUT2D eigenvalue weighted by atomic mass is 9.85. The number of imide groups is 1. The number of phenols is 1. The molecule has 0 saturated carbocycles. The normalized spacial score (nSPS) is 17.0. The molecular weight excluding hydrogens is 668 g/mol.